The molecule has 1 N–H and O–H groups in total. The van der Waals surface area contributed by atoms with Gasteiger partial charge >= 0.3 is 5.97 Å². The maximum absolute atomic E-state index is 10.1. The average Bonchev–Trinajstić information content (AvgIpc) is 2.02. The van der Waals surface area contributed by atoms with Crippen LogP contribution in [0, 0.1) is 0 Å². The van der Waals surface area contributed by atoms with E-state index in [9.17, 15) is 4.79 Å². The molecule has 72 valence electrons. The molecule has 0 aliphatic carbocycles. The van der Waals surface area contributed by atoms with E-state index in [1.54, 1.807) is 0 Å². The van der Waals surface area contributed by atoms with E-state index in [0.29, 0.717) is 6.42 Å². The van der Waals surface area contributed by atoms with Gasteiger partial charge in [-0.1, -0.05) is 45.4 Å². The lowest BCUT2D eigenvalue weighted by Gasteiger charge is -1.98. The fourth-order valence-corrected chi connectivity index (χ4v) is 1.23. The Hall–Kier alpha value is -0.530. The van der Waals surface area contributed by atoms with Crippen LogP contribution in [0.1, 0.15) is 58.3 Å². The molecule has 0 aliphatic heterocycles. The third-order valence-electron chi connectivity index (χ3n) is 1.99. The van der Waals surface area contributed by atoms with Gasteiger partial charge in [-0.25, -0.2) is 0 Å². The molecular weight excluding hydrogens is 154 g/mol. The van der Waals surface area contributed by atoms with Gasteiger partial charge in [-0.3, -0.25) is 4.79 Å². The third-order valence-corrected chi connectivity index (χ3v) is 1.99. The highest BCUT2D eigenvalue weighted by Crippen LogP contribution is 2.07. The van der Waals surface area contributed by atoms with Crippen molar-refractivity contribution in [2.24, 2.45) is 0 Å². The van der Waals surface area contributed by atoms with Crippen molar-refractivity contribution in [1.82, 2.24) is 0 Å². The zero-order valence-electron chi connectivity index (χ0n) is 8.01. The van der Waals surface area contributed by atoms with Gasteiger partial charge < -0.3 is 5.11 Å². The quantitative estimate of drug-likeness (QED) is 0.574. The van der Waals surface area contributed by atoms with E-state index in [0.717, 1.165) is 12.8 Å². The highest BCUT2D eigenvalue weighted by molar-refractivity contribution is 5.66. The second kappa shape index (κ2) is 8.57. The summed E-state index contributed by atoms with van der Waals surface area (Å²) >= 11 is 0. The minimum Gasteiger partial charge on any atom is -0.481 e. The van der Waals surface area contributed by atoms with Crippen LogP contribution < -0.4 is 0 Å². The molecule has 0 rings (SSSR count). The van der Waals surface area contributed by atoms with Crippen LogP contribution in [0.25, 0.3) is 0 Å². The number of carboxylic acid groups (broad SMARTS) is 1. The summed E-state index contributed by atoms with van der Waals surface area (Å²) in [5.74, 6) is -0.663. The topological polar surface area (TPSA) is 37.3 Å². The molecule has 0 spiro atoms. The fourth-order valence-electron chi connectivity index (χ4n) is 1.23. The molecule has 0 aromatic heterocycles. The summed E-state index contributed by atoms with van der Waals surface area (Å²) in [6.07, 6.45) is 8.64. The van der Waals surface area contributed by atoms with Crippen molar-refractivity contribution in [2.45, 2.75) is 58.3 Å². The maximum atomic E-state index is 10.1. The van der Waals surface area contributed by atoms with Crippen LogP contribution in [0.2, 0.25) is 0 Å². The number of unbranched alkanes of at least 4 members (excludes halogenated alkanes) is 6. The molecule has 2 heteroatoms. The molecule has 0 atom stereocenters. The molecule has 2 nitrogen and oxygen atoms in total. The van der Waals surface area contributed by atoms with E-state index in [2.05, 4.69) is 6.92 Å². The Bertz CT molecular complexity index is 110. The van der Waals surface area contributed by atoms with E-state index in [4.69, 9.17) is 5.11 Å². The maximum Gasteiger partial charge on any atom is 0.303 e. The molecule has 0 unspecified atom stereocenters. The van der Waals surface area contributed by atoms with E-state index in [1.165, 1.54) is 32.1 Å². The molecule has 0 aromatic carbocycles. The van der Waals surface area contributed by atoms with Crippen molar-refractivity contribution < 1.29 is 9.90 Å². The molecule has 0 radical (unpaired) electrons. The first-order valence-corrected chi connectivity index (χ1v) is 4.99. The van der Waals surface area contributed by atoms with Gasteiger partial charge in [0.2, 0.25) is 0 Å². The first-order chi connectivity index (χ1) is 5.77. The van der Waals surface area contributed by atoms with Crippen molar-refractivity contribution in [3.63, 3.8) is 0 Å². The van der Waals surface area contributed by atoms with Crippen LogP contribution in [0.3, 0.4) is 0 Å². The van der Waals surface area contributed by atoms with Crippen LogP contribution in [-0.4, -0.2) is 11.1 Å². The Labute approximate surface area is 75.0 Å². The van der Waals surface area contributed by atoms with Crippen LogP contribution in [0.15, 0.2) is 0 Å². The van der Waals surface area contributed by atoms with Crippen molar-refractivity contribution in [2.75, 3.05) is 0 Å². The van der Waals surface area contributed by atoms with Gasteiger partial charge in [-0.2, -0.15) is 0 Å². The second-order valence-electron chi connectivity index (χ2n) is 3.27. The van der Waals surface area contributed by atoms with E-state index in [-0.39, 0.29) is 0 Å². The van der Waals surface area contributed by atoms with Crippen molar-refractivity contribution in [3.05, 3.63) is 0 Å². The minimum atomic E-state index is -0.663. The highest BCUT2D eigenvalue weighted by atomic mass is 16.6. The molecule has 0 heterocycles. The summed E-state index contributed by atoms with van der Waals surface area (Å²) in [6, 6.07) is 0. The van der Waals surface area contributed by atoms with Crippen molar-refractivity contribution >= 4 is 5.97 Å². The standard InChI is InChI=1S/C10H20O2/c1-2-3-4-5-6-7-8-9-10(11)12/h2-9H2,1H3,(H,11,12)/i10+2. The number of aliphatic carboxylic acids is 1. The molecule has 0 aromatic rings. The average molecular weight is 174 g/mol. The SMILES string of the molecule is CCCCCCCCC[14C](=O)O. The molecule has 0 fully saturated rings. The van der Waals surface area contributed by atoms with Gasteiger partial charge in [0.25, 0.3) is 0 Å². The number of carboxylic acids is 1. The summed E-state index contributed by atoms with van der Waals surface area (Å²) in [7, 11) is 0. The number of hydrogen-bond acceptors (Lipinski definition) is 1. The summed E-state index contributed by atoms with van der Waals surface area (Å²) in [5, 5.41) is 8.35. The lowest BCUT2D eigenvalue weighted by Crippen LogP contribution is -1.93. The summed E-state index contributed by atoms with van der Waals surface area (Å²) in [6.45, 7) is 2.20. The van der Waals surface area contributed by atoms with Crippen LogP contribution >= 0.6 is 0 Å². The van der Waals surface area contributed by atoms with Crippen molar-refractivity contribution in [1.29, 1.82) is 0 Å². The zero-order valence-corrected chi connectivity index (χ0v) is 8.01. The lowest BCUT2D eigenvalue weighted by molar-refractivity contribution is -0.137. The summed E-state index contributed by atoms with van der Waals surface area (Å²) in [4.78, 5) is 10.1. The molecule has 0 saturated heterocycles. The van der Waals surface area contributed by atoms with Gasteiger partial charge in [-0.05, 0) is 6.42 Å². The van der Waals surface area contributed by atoms with Crippen LogP contribution in [-0.2, 0) is 4.79 Å². The molecular formula is C10H20O2. The first-order valence-electron chi connectivity index (χ1n) is 4.99. The largest absolute Gasteiger partial charge is 0.481 e. The van der Waals surface area contributed by atoms with Gasteiger partial charge in [0.1, 0.15) is 0 Å². The predicted octanol–water partition coefficient (Wildman–Crippen LogP) is 3.21. The summed E-state index contributed by atoms with van der Waals surface area (Å²) in [5.41, 5.74) is 0. The van der Waals surface area contributed by atoms with E-state index in [1.807, 2.05) is 0 Å². The van der Waals surface area contributed by atoms with Gasteiger partial charge in [-0.15, -0.1) is 0 Å². The molecule has 0 amide bonds. The van der Waals surface area contributed by atoms with Gasteiger partial charge in [0.05, 0.1) is 0 Å². The lowest BCUT2D eigenvalue weighted by atomic mass is 10.1. The number of hydrogen-bond donors (Lipinski definition) is 1. The normalized spacial score (nSPS) is 10.1. The Kier molecular flexibility index (Phi) is 8.19. The predicted molar refractivity (Wildman–Crippen MR) is 50.2 cm³/mol. The molecule has 0 bridgehead atoms. The van der Waals surface area contributed by atoms with E-state index < -0.39 is 5.97 Å². The van der Waals surface area contributed by atoms with Crippen molar-refractivity contribution in [3.8, 4) is 0 Å². The monoisotopic (exact) mass is 174 g/mol. The zero-order chi connectivity index (χ0) is 9.23. The van der Waals surface area contributed by atoms with Crippen LogP contribution in [0.4, 0.5) is 0 Å². The Morgan fingerprint density at radius 3 is 2.00 bits per heavy atom. The van der Waals surface area contributed by atoms with E-state index >= 15 is 0 Å². The highest BCUT2D eigenvalue weighted by Gasteiger charge is 1.95. The summed E-state index contributed by atoms with van der Waals surface area (Å²) < 4.78 is 0. The number of carbonyl (C=O) groups is 1. The Balaban J connectivity index is 2.86. The molecule has 0 aliphatic rings. The first kappa shape index (κ1) is 11.5. The van der Waals surface area contributed by atoms with Crippen LogP contribution in [0.5, 0.6) is 0 Å². The fraction of sp³-hybridized carbons (Fsp3) is 0.900. The Morgan fingerprint density at radius 1 is 1.00 bits per heavy atom. The van der Waals surface area contributed by atoms with Gasteiger partial charge in [0, 0.05) is 6.42 Å². The molecule has 0 saturated carbocycles. The Morgan fingerprint density at radius 2 is 1.50 bits per heavy atom. The minimum absolute atomic E-state index is 0.341. The smallest absolute Gasteiger partial charge is 0.303 e. The molecule has 12 heavy (non-hydrogen) atoms. The van der Waals surface area contributed by atoms with Gasteiger partial charge in [0.15, 0.2) is 0 Å². The number of rotatable bonds is 8. The third kappa shape index (κ3) is 9.47. The second-order valence-corrected chi connectivity index (χ2v) is 3.27.